The molecule has 2 heterocycles. The zero-order chi connectivity index (χ0) is 25.4. The highest BCUT2D eigenvalue weighted by molar-refractivity contribution is 6.35. The third kappa shape index (κ3) is 6.53. The highest BCUT2D eigenvalue weighted by Crippen LogP contribution is 2.30. The second-order valence-electron chi connectivity index (χ2n) is 7.79. The lowest BCUT2D eigenvalue weighted by atomic mass is 10.2. The first-order valence-electron chi connectivity index (χ1n) is 12.0. The van der Waals surface area contributed by atoms with Gasteiger partial charge < -0.3 is 15.2 Å². The topological polar surface area (TPSA) is 73.9 Å². The lowest BCUT2D eigenvalue weighted by molar-refractivity contribution is 0.102. The number of anilines is 2. The highest BCUT2D eigenvalue weighted by atomic mass is 35.5. The van der Waals surface area contributed by atoms with Gasteiger partial charge >= 0.3 is 0 Å². The van der Waals surface area contributed by atoms with Gasteiger partial charge in [-0.2, -0.15) is 0 Å². The minimum atomic E-state index is -0.294. The van der Waals surface area contributed by atoms with Crippen LogP contribution in [0.2, 0.25) is 10.0 Å². The molecule has 6 nitrogen and oxygen atoms in total. The third-order valence-corrected chi connectivity index (χ3v) is 5.79. The number of H-pyrrole nitrogens is 1. The molecule has 4 aromatic rings. The number of nitrogens with one attached hydrogen (secondary N) is 2. The second kappa shape index (κ2) is 12.6. The lowest BCUT2D eigenvalue weighted by Gasteiger charge is -2.22. The number of hydrogen-bond acceptors (Lipinski definition) is 4. The second-order valence-corrected chi connectivity index (χ2v) is 8.63. The predicted molar refractivity (Wildman–Crippen MR) is 148 cm³/mol. The number of rotatable bonds is 8. The van der Waals surface area contributed by atoms with Crippen LogP contribution in [0.15, 0.2) is 54.7 Å². The maximum Gasteiger partial charge on any atom is 0.255 e. The van der Waals surface area contributed by atoms with Crippen molar-refractivity contribution in [2.24, 2.45) is 0 Å². The van der Waals surface area contributed by atoms with Gasteiger partial charge in [-0.15, -0.1) is 0 Å². The quantitative estimate of drug-likeness (QED) is 0.252. The molecule has 8 heteroatoms. The summed E-state index contributed by atoms with van der Waals surface area (Å²) in [6.07, 6.45) is 3.97. The smallest absolute Gasteiger partial charge is 0.255 e. The van der Waals surface area contributed by atoms with E-state index in [0.717, 1.165) is 42.8 Å². The molecule has 4 rings (SSSR count). The maximum absolute atomic E-state index is 12.6. The number of nitrogens with zero attached hydrogens (tertiary/aromatic N) is 3. The summed E-state index contributed by atoms with van der Waals surface area (Å²) in [7, 11) is 0. The van der Waals surface area contributed by atoms with Crippen LogP contribution in [0.4, 0.5) is 11.5 Å². The van der Waals surface area contributed by atoms with Gasteiger partial charge in [-0.25, -0.2) is 9.97 Å². The van der Waals surface area contributed by atoms with E-state index in [9.17, 15) is 4.79 Å². The predicted octanol–water partition coefficient (Wildman–Crippen LogP) is 7.84. The molecule has 35 heavy (non-hydrogen) atoms. The summed E-state index contributed by atoms with van der Waals surface area (Å²) < 4.78 is 0. The van der Waals surface area contributed by atoms with Crippen LogP contribution >= 0.6 is 23.2 Å². The lowest BCUT2D eigenvalue weighted by Crippen LogP contribution is -2.25. The molecule has 0 fully saturated rings. The van der Waals surface area contributed by atoms with Gasteiger partial charge in [0.1, 0.15) is 11.6 Å². The summed E-state index contributed by atoms with van der Waals surface area (Å²) in [6.45, 7) is 10.3. The number of aromatic nitrogens is 3. The SMILES string of the molecule is CC.CCCN(CCC)c1ccc(-c2nc3cc(NC(=O)c4cccc(Cl)c4)c(Cl)cc3[nH]2)cn1. The number of benzene rings is 2. The van der Waals surface area contributed by atoms with Crippen molar-refractivity contribution in [2.45, 2.75) is 40.5 Å². The van der Waals surface area contributed by atoms with Gasteiger partial charge in [0.25, 0.3) is 5.91 Å². The number of amides is 1. The number of carbonyl (C=O) groups is 1. The van der Waals surface area contributed by atoms with Gasteiger partial charge in [0.2, 0.25) is 0 Å². The Morgan fingerprint density at radius 3 is 2.40 bits per heavy atom. The molecule has 184 valence electrons. The number of hydrogen-bond donors (Lipinski definition) is 2. The molecule has 2 N–H and O–H groups in total. The Kier molecular flexibility index (Phi) is 9.52. The normalized spacial score (nSPS) is 10.6. The van der Waals surface area contributed by atoms with Crippen LogP contribution in [-0.2, 0) is 0 Å². The average molecular weight is 512 g/mol. The summed E-state index contributed by atoms with van der Waals surface area (Å²) in [5.74, 6) is 1.36. The number of pyridine rings is 1. The van der Waals surface area contributed by atoms with Gasteiger partial charge in [-0.3, -0.25) is 4.79 Å². The van der Waals surface area contributed by atoms with Gasteiger partial charge in [0, 0.05) is 35.4 Å². The van der Waals surface area contributed by atoms with E-state index in [1.54, 1.807) is 36.4 Å². The summed E-state index contributed by atoms with van der Waals surface area (Å²) in [4.78, 5) is 27.5. The molecule has 0 aliphatic carbocycles. The van der Waals surface area contributed by atoms with E-state index in [-0.39, 0.29) is 5.91 Å². The monoisotopic (exact) mass is 511 g/mol. The minimum Gasteiger partial charge on any atom is -0.357 e. The maximum atomic E-state index is 12.6. The fourth-order valence-corrected chi connectivity index (χ4v) is 4.08. The fraction of sp³-hybridized carbons (Fsp3) is 0.296. The first-order valence-corrected chi connectivity index (χ1v) is 12.7. The molecule has 0 radical (unpaired) electrons. The van der Waals surface area contributed by atoms with Crippen LogP contribution in [0.1, 0.15) is 50.9 Å². The summed E-state index contributed by atoms with van der Waals surface area (Å²) in [6, 6.07) is 14.3. The van der Waals surface area contributed by atoms with Crippen molar-refractivity contribution in [3.05, 3.63) is 70.3 Å². The van der Waals surface area contributed by atoms with E-state index in [4.69, 9.17) is 23.2 Å². The first-order chi connectivity index (χ1) is 17.0. The molecule has 0 bridgehead atoms. The van der Waals surface area contributed by atoms with Crippen molar-refractivity contribution in [3.63, 3.8) is 0 Å². The van der Waals surface area contributed by atoms with Crippen molar-refractivity contribution in [1.82, 2.24) is 15.0 Å². The van der Waals surface area contributed by atoms with E-state index in [2.05, 4.69) is 39.0 Å². The average Bonchev–Trinajstić information content (AvgIpc) is 3.28. The molecule has 2 aromatic heterocycles. The molecule has 2 aromatic carbocycles. The van der Waals surface area contributed by atoms with Gasteiger partial charge in [0.05, 0.1) is 21.7 Å². The van der Waals surface area contributed by atoms with E-state index < -0.39 is 0 Å². The molecule has 0 unspecified atom stereocenters. The fourth-order valence-electron chi connectivity index (χ4n) is 3.68. The Hall–Kier alpha value is -3.09. The van der Waals surface area contributed by atoms with Crippen LogP contribution in [0.5, 0.6) is 0 Å². The summed E-state index contributed by atoms with van der Waals surface area (Å²) in [5, 5.41) is 3.74. The Morgan fingerprint density at radius 1 is 1.03 bits per heavy atom. The van der Waals surface area contributed by atoms with E-state index >= 15 is 0 Å². The number of carbonyl (C=O) groups excluding carboxylic acids is 1. The molecule has 0 aliphatic heterocycles. The molecule has 0 atom stereocenters. The van der Waals surface area contributed by atoms with E-state index in [0.29, 0.717) is 32.6 Å². The molecular weight excluding hydrogens is 481 g/mol. The number of fused-ring (bicyclic) bond motifs is 1. The molecule has 0 aliphatic rings. The van der Waals surface area contributed by atoms with Crippen LogP contribution in [0, 0.1) is 0 Å². The van der Waals surface area contributed by atoms with Crippen molar-refractivity contribution in [2.75, 3.05) is 23.3 Å². The van der Waals surface area contributed by atoms with Crippen LogP contribution in [0.25, 0.3) is 22.4 Å². The largest absolute Gasteiger partial charge is 0.357 e. The van der Waals surface area contributed by atoms with E-state index in [1.165, 1.54) is 0 Å². The summed E-state index contributed by atoms with van der Waals surface area (Å²) in [5.41, 5.74) is 3.28. The van der Waals surface area contributed by atoms with Crippen molar-refractivity contribution in [3.8, 4) is 11.4 Å². The van der Waals surface area contributed by atoms with Gasteiger partial charge in [0.15, 0.2) is 0 Å². The standard InChI is InChI=1S/C25H25Cl2N5O.C2H6/c1-3-10-32(11-4-2)23-9-8-17(15-28-23)24-29-21-13-19(27)20(14-22(21)30-24)31-25(33)16-6-5-7-18(26)12-16;1-2/h5-9,12-15H,3-4,10-11H2,1-2H3,(H,29,30)(H,31,33);1-2H3. The summed E-state index contributed by atoms with van der Waals surface area (Å²) >= 11 is 12.4. The van der Waals surface area contributed by atoms with Gasteiger partial charge in [-0.05, 0) is 55.3 Å². The minimum absolute atomic E-state index is 0.294. The Labute approximate surface area is 216 Å². The van der Waals surface area contributed by atoms with Crippen molar-refractivity contribution in [1.29, 1.82) is 0 Å². The zero-order valence-electron chi connectivity index (χ0n) is 20.5. The van der Waals surface area contributed by atoms with Gasteiger partial charge in [-0.1, -0.05) is 57.0 Å². The van der Waals surface area contributed by atoms with Crippen molar-refractivity contribution < 1.29 is 4.79 Å². The van der Waals surface area contributed by atoms with E-state index in [1.807, 2.05) is 32.2 Å². The molecule has 1 amide bonds. The Morgan fingerprint density at radius 2 is 1.77 bits per heavy atom. The Bertz CT molecular complexity index is 1260. The first kappa shape index (κ1) is 26.5. The molecule has 0 saturated heterocycles. The molecular formula is C27H31Cl2N5O. The highest BCUT2D eigenvalue weighted by Gasteiger charge is 2.14. The third-order valence-electron chi connectivity index (χ3n) is 5.24. The number of aromatic amines is 1. The number of imidazole rings is 1. The molecule has 0 spiro atoms. The Balaban J connectivity index is 0.00000167. The molecule has 0 saturated carbocycles. The number of halogens is 2. The van der Waals surface area contributed by atoms with Crippen LogP contribution in [0.3, 0.4) is 0 Å². The van der Waals surface area contributed by atoms with Crippen molar-refractivity contribution >= 4 is 51.6 Å². The zero-order valence-corrected chi connectivity index (χ0v) is 22.0. The van der Waals surface area contributed by atoms with Crippen LogP contribution in [-0.4, -0.2) is 33.9 Å². The van der Waals surface area contributed by atoms with Crippen LogP contribution < -0.4 is 10.2 Å².